The Morgan fingerprint density at radius 2 is 2.12 bits per heavy atom. The van der Waals surface area contributed by atoms with Gasteiger partial charge in [-0.2, -0.15) is 0 Å². The van der Waals surface area contributed by atoms with E-state index in [2.05, 4.69) is 5.32 Å². The fourth-order valence-corrected chi connectivity index (χ4v) is 1.92. The van der Waals surface area contributed by atoms with Crippen LogP contribution in [0.15, 0.2) is 12.1 Å². The molecule has 1 aliphatic carbocycles. The number of nitrogens with zero attached hydrogens (tertiary/aromatic N) is 1. The Kier molecular flexibility index (Phi) is 2.63. The predicted molar refractivity (Wildman–Crippen MR) is 60.1 cm³/mol. The molecular weight excluding hydrogens is 224 g/mol. The van der Waals surface area contributed by atoms with Gasteiger partial charge in [0.25, 0.3) is 5.69 Å². The molecule has 0 spiro atoms. The molecular formula is C11H10N2O4. The van der Waals surface area contributed by atoms with E-state index in [0.717, 1.165) is 5.56 Å². The number of nitro benzene ring substituents is 1. The number of ketones is 1. The second-order valence-corrected chi connectivity index (χ2v) is 3.89. The maximum absolute atomic E-state index is 11.5. The zero-order chi connectivity index (χ0) is 12.6. The van der Waals surface area contributed by atoms with Crippen LogP contribution in [0.1, 0.15) is 29.3 Å². The molecule has 6 nitrogen and oxygen atoms in total. The lowest BCUT2D eigenvalue weighted by Gasteiger charge is -2.06. The standard InChI is InChI=1S/C11H10N2O4/c1-6(14)12-9-4-7-2-3-11(15)8(7)5-10(9)13(16)17/h4-5H,2-3H2,1H3,(H,12,14). The monoisotopic (exact) mass is 234 g/mol. The summed E-state index contributed by atoms with van der Waals surface area (Å²) in [7, 11) is 0. The van der Waals surface area contributed by atoms with Crippen LogP contribution >= 0.6 is 0 Å². The van der Waals surface area contributed by atoms with Gasteiger partial charge >= 0.3 is 0 Å². The van der Waals surface area contributed by atoms with Crippen LogP contribution in [0.25, 0.3) is 0 Å². The van der Waals surface area contributed by atoms with Gasteiger partial charge < -0.3 is 5.32 Å². The average molecular weight is 234 g/mol. The van der Waals surface area contributed by atoms with E-state index in [1.165, 1.54) is 19.1 Å². The van der Waals surface area contributed by atoms with Crippen LogP contribution in [0.3, 0.4) is 0 Å². The summed E-state index contributed by atoms with van der Waals surface area (Å²) in [6.07, 6.45) is 0.939. The molecule has 0 saturated heterocycles. The molecule has 1 amide bonds. The van der Waals surface area contributed by atoms with Crippen molar-refractivity contribution < 1.29 is 14.5 Å². The lowest BCUT2D eigenvalue weighted by molar-refractivity contribution is -0.384. The van der Waals surface area contributed by atoms with Crippen molar-refractivity contribution in [3.63, 3.8) is 0 Å². The number of hydrogen-bond acceptors (Lipinski definition) is 4. The van der Waals surface area contributed by atoms with Crippen molar-refractivity contribution in [3.05, 3.63) is 33.4 Å². The first-order valence-electron chi connectivity index (χ1n) is 5.11. The number of fused-ring (bicyclic) bond motifs is 1. The van der Waals surface area contributed by atoms with E-state index in [-0.39, 0.29) is 23.1 Å². The number of Topliss-reactive ketones (excluding diaryl/α,β-unsaturated/α-hetero) is 1. The molecule has 1 N–H and O–H groups in total. The van der Waals surface area contributed by atoms with E-state index < -0.39 is 4.92 Å². The molecule has 0 bridgehead atoms. The zero-order valence-corrected chi connectivity index (χ0v) is 9.15. The summed E-state index contributed by atoms with van der Waals surface area (Å²) in [5.41, 5.74) is 1.06. The summed E-state index contributed by atoms with van der Waals surface area (Å²) in [6, 6.07) is 2.76. The summed E-state index contributed by atoms with van der Waals surface area (Å²) in [5.74, 6) is -0.463. The lowest BCUT2D eigenvalue weighted by atomic mass is 10.1. The van der Waals surface area contributed by atoms with Crippen molar-refractivity contribution in [1.29, 1.82) is 0 Å². The van der Waals surface area contributed by atoms with Crippen LogP contribution in [0.4, 0.5) is 11.4 Å². The molecule has 0 atom stereocenters. The SMILES string of the molecule is CC(=O)Nc1cc2c(cc1[N+](=O)[O-])C(=O)CC2. The van der Waals surface area contributed by atoms with Gasteiger partial charge in [0.15, 0.2) is 5.78 Å². The fraction of sp³-hybridized carbons (Fsp3) is 0.273. The Morgan fingerprint density at radius 3 is 2.71 bits per heavy atom. The minimum atomic E-state index is -0.600. The number of benzene rings is 1. The van der Waals surface area contributed by atoms with Crippen LogP contribution in [0, 0.1) is 10.1 Å². The molecule has 2 rings (SSSR count). The first kappa shape index (κ1) is 11.3. The molecule has 88 valence electrons. The molecule has 6 heteroatoms. The van der Waals surface area contributed by atoms with Crippen molar-refractivity contribution in [2.45, 2.75) is 19.8 Å². The van der Waals surface area contributed by atoms with Crippen molar-refractivity contribution in [2.75, 3.05) is 5.32 Å². The number of nitrogens with one attached hydrogen (secondary N) is 1. The Labute approximate surface area is 96.8 Å². The highest BCUT2D eigenvalue weighted by Gasteiger charge is 2.26. The van der Waals surface area contributed by atoms with E-state index in [1.54, 1.807) is 0 Å². The van der Waals surface area contributed by atoms with Crippen LogP contribution in [-0.4, -0.2) is 16.6 Å². The van der Waals surface area contributed by atoms with Crippen LogP contribution in [-0.2, 0) is 11.2 Å². The Balaban J connectivity index is 2.55. The van der Waals surface area contributed by atoms with Gasteiger partial charge in [-0.05, 0) is 18.1 Å². The summed E-state index contributed by atoms with van der Waals surface area (Å²) in [6.45, 7) is 1.28. The van der Waals surface area contributed by atoms with Gasteiger partial charge in [-0.15, -0.1) is 0 Å². The van der Waals surface area contributed by atoms with Gasteiger partial charge in [0.2, 0.25) is 5.91 Å². The zero-order valence-electron chi connectivity index (χ0n) is 9.15. The average Bonchev–Trinajstić information content (AvgIpc) is 2.58. The molecule has 1 aromatic carbocycles. The highest BCUT2D eigenvalue weighted by atomic mass is 16.6. The molecule has 0 fully saturated rings. The highest BCUT2D eigenvalue weighted by Crippen LogP contribution is 2.33. The lowest BCUT2D eigenvalue weighted by Crippen LogP contribution is -2.09. The maximum atomic E-state index is 11.5. The van der Waals surface area contributed by atoms with Crippen LogP contribution < -0.4 is 5.32 Å². The maximum Gasteiger partial charge on any atom is 0.293 e. The Bertz CT molecular complexity index is 537. The third kappa shape index (κ3) is 2.01. The molecule has 1 aromatic rings. The number of carbonyl (C=O) groups excluding carboxylic acids is 2. The smallest absolute Gasteiger partial charge is 0.293 e. The fourth-order valence-electron chi connectivity index (χ4n) is 1.92. The second-order valence-electron chi connectivity index (χ2n) is 3.89. The van der Waals surface area contributed by atoms with E-state index in [4.69, 9.17) is 0 Å². The Morgan fingerprint density at radius 1 is 1.41 bits per heavy atom. The number of anilines is 1. The van der Waals surface area contributed by atoms with Gasteiger partial charge in [-0.25, -0.2) is 0 Å². The Hall–Kier alpha value is -2.24. The third-order valence-electron chi connectivity index (χ3n) is 2.65. The van der Waals surface area contributed by atoms with Crippen molar-refractivity contribution in [3.8, 4) is 0 Å². The number of rotatable bonds is 2. The number of carbonyl (C=O) groups is 2. The first-order valence-corrected chi connectivity index (χ1v) is 5.11. The highest BCUT2D eigenvalue weighted by molar-refractivity contribution is 6.02. The van der Waals surface area contributed by atoms with E-state index in [1.807, 2.05) is 0 Å². The first-order chi connectivity index (χ1) is 7.99. The van der Waals surface area contributed by atoms with Gasteiger partial charge in [-0.3, -0.25) is 19.7 Å². The molecule has 0 saturated carbocycles. The van der Waals surface area contributed by atoms with Crippen molar-refractivity contribution in [1.82, 2.24) is 0 Å². The normalized spacial score (nSPS) is 13.4. The van der Waals surface area contributed by atoms with Crippen LogP contribution in [0.5, 0.6) is 0 Å². The molecule has 17 heavy (non-hydrogen) atoms. The van der Waals surface area contributed by atoms with Gasteiger partial charge in [-0.1, -0.05) is 0 Å². The number of hydrogen-bond donors (Lipinski definition) is 1. The molecule has 1 aliphatic rings. The number of aryl methyl sites for hydroxylation is 1. The van der Waals surface area contributed by atoms with E-state index >= 15 is 0 Å². The third-order valence-corrected chi connectivity index (χ3v) is 2.65. The number of amides is 1. The topological polar surface area (TPSA) is 89.3 Å². The van der Waals surface area contributed by atoms with E-state index in [0.29, 0.717) is 18.4 Å². The quantitative estimate of drug-likeness (QED) is 0.622. The summed E-state index contributed by atoms with van der Waals surface area (Å²) in [5, 5.41) is 13.3. The predicted octanol–water partition coefficient (Wildman–Crippen LogP) is 1.68. The summed E-state index contributed by atoms with van der Waals surface area (Å²) < 4.78 is 0. The van der Waals surface area contributed by atoms with Gasteiger partial charge in [0, 0.05) is 25.0 Å². The largest absolute Gasteiger partial charge is 0.321 e. The van der Waals surface area contributed by atoms with E-state index in [9.17, 15) is 19.7 Å². The molecule has 0 unspecified atom stereocenters. The second kappa shape index (κ2) is 3.97. The minimum Gasteiger partial charge on any atom is -0.321 e. The molecule has 0 aliphatic heterocycles. The van der Waals surface area contributed by atoms with Crippen molar-refractivity contribution in [2.24, 2.45) is 0 Å². The van der Waals surface area contributed by atoms with Gasteiger partial charge in [0.1, 0.15) is 5.69 Å². The number of nitro groups is 1. The molecule has 0 radical (unpaired) electrons. The van der Waals surface area contributed by atoms with Crippen molar-refractivity contribution >= 4 is 23.1 Å². The van der Waals surface area contributed by atoms with Crippen LogP contribution in [0.2, 0.25) is 0 Å². The summed E-state index contributed by atoms with van der Waals surface area (Å²) >= 11 is 0. The molecule has 0 heterocycles. The van der Waals surface area contributed by atoms with Gasteiger partial charge in [0.05, 0.1) is 4.92 Å². The molecule has 0 aromatic heterocycles. The minimum absolute atomic E-state index is 0.0857. The summed E-state index contributed by atoms with van der Waals surface area (Å²) in [4.78, 5) is 32.7.